The topological polar surface area (TPSA) is 71.1 Å². The Hall–Kier alpha value is -0.660. The molecule has 0 aliphatic heterocycles. The second kappa shape index (κ2) is 7.56. The Labute approximate surface area is 136 Å². The van der Waals surface area contributed by atoms with E-state index in [1.165, 1.54) is 0 Å². The molecule has 1 heterocycles. The highest BCUT2D eigenvalue weighted by Gasteiger charge is 2.21. The number of rotatable bonds is 7. The van der Waals surface area contributed by atoms with E-state index in [1.54, 1.807) is 12.3 Å². The van der Waals surface area contributed by atoms with Gasteiger partial charge in [0.05, 0.1) is 0 Å². The van der Waals surface area contributed by atoms with Crippen molar-refractivity contribution in [3.63, 3.8) is 0 Å². The molecule has 1 aromatic heterocycles. The van der Waals surface area contributed by atoms with E-state index in [1.807, 2.05) is 6.92 Å². The van der Waals surface area contributed by atoms with Crippen molar-refractivity contribution in [2.45, 2.75) is 45.4 Å². The first kappa shape index (κ1) is 18.4. The third kappa shape index (κ3) is 6.32. The summed E-state index contributed by atoms with van der Waals surface area (Å²) in [5.41, 5.74) is 0.0847. The minimum Gasteiger partial charge on any atom is -0.369 e. The summed E-state index contributed by atoms with van der Waals surface area (Å²) < 4.78 is 28.2. The largest absolute Gasteiger partial charge is 0.369 e. The van der Waals surface area contributed by atoms with Crippen molar-refractivity contribution in [3.8, 4) is 0 Å². The summed E-state index contributed by atoms with van der Waals surface area (Å²) in [6.07, 6.45) is 3.26. The summed E-state index contributed by atoms with van der Waals surface area (Å²) in [5.74, 6) is 0.392. The average Bonchev–Trinajstić information content (AvgIpc) is 2.35. The Morgan fingerprint density at radius 2 is 1.95 bits per heavy atom. The number of sulfonamides is 1. The number of nitrogens with one attached hydrogen (secondary N) is 2. The van der Waals surface area contributed by atoms with Gasteiger partial charge in [-0.15, -0.1) is 0 Å². The molecule has 0 aromatic carbocycles. The SMILES string of the molecule is CCCNc1ncc(Br)cc1S(=O)(=O)NCCC(C)(C)C. The molecule has 0 saturated heterocycles. The number of halogens is 1. The highest BCUT2D eigenvalue weighted by atomic mass is 79.9. The molecule has 2 N–H and O–H groups in total. The first-order valence-electron chi connectivity index (χ1n) is 7.05. The lowest BCUT2D eigenvalue weighted by Crippen LogP contribution is -2.28. The number of hydrogen-bond donors (Lipinski definition) is 2. The summed E-state index contributed by atoms with van der Waals surface area (Å²) in [5, 5.41) is 3.05. The van der Waals surface area contributed by atoms with E-state index in [9.17, 15) is 8.42 Å². The fraction of sp³-hybridized carbons (Fsp3) is 0.643. The zero-order chi connectivity index (χ0) is 16.1. The van der Waals surface area contributed by atoms with Gasteiger partial charge in [-0.25, -0.2) is 18.1 Å². The molecule has 0 unspecified atom stereocenters. The van der Waals surface area contributed by atoms with E-state index >= 15 is 0 Å². The summed E-state index contributed by atoms with van der Waals surface area (Å²) in [4.78, 5) is 4.34. The molecule has 1 rings (SSSR count). The zero-order valence-electron chi connectivity index (χ0n) is 13.0. The van der Waals surface area contributed by atoms with Gasteiger partial charge in [-0.3, -0.25) is 0 Å². The molecule has 0 spiro atoms. The maximum absolute atomic E-state index is 12.4. The molecule has 5 nitrogen and oxygen atoms in total. The molecule has 0 atom stereocenters. The van der Waals surface area contributed by atoms with Crippen molar-refractivity contribution in [2.24, 2.45) is 5.41 Å². The smallest absolute Gasteiger partial charge is 0.244 e. The van der Waals surface area contributed by atoms with Gasteiger partial charge in [0.2, 0.25) is 10.0 Å². The molecule has 7 heteroatoms. The Balaban J connectivity index is 2.93. The number of hydrogen-bond acceptors (Lipinski definition) is 4. The van der Waals surface area contributed by atoms with Crippen LogP contribution in [-0.4, -0.2) is 26.5 Å². The van der Waals surface area contributed by atoms with E-state index in [0.29, 0.717) is 23.4 Å². The van der Waals surface area contributed by atoms with Crippen molar-refractivity contribution in [1.29, 1.82) is 0 Å². The molecule has 1 aromatic rings. The van der Waals surface area contributed by atoms with E-state index in [-0.39, 0.29) is 10.3 Å². The van der Waals surface area contributed by atoms with Crippen LogP contribution in [0.5, 0.6) is 0 Å². The standard InChI is InChI=1S/C14H24BrN3O2S/c1-5-7-16-13-12(9-11(15)10-17-13)21(19,20)18-8-6-14(2,3)4/h9-10,18H,5-8H2,1-4H3,(H,16,17). The Morgan fingerprint density at radius 1 is 1.29 bits per heavy atom. The number of aromatic nitrogens is 1. The summed E-state index contributed by atoms with van der Waals surface area (Å²) in [6.45, 7) is 9.34. The minimum absolute atomic E-state index is 0.0847. The van der Waals surface area contributed by atoms with Crippen LogP contribution in [0.15, 0.2) is 21.6 Å². The van der Waals surface area contributed by atoms with Crippen molar-refractivity contribution in [1.82, 2.24) is 9.71 Å². The van der Waals surface area contributed by atoms with Gasteiger partial charge < -0.3 is 5.32 Å². The van der Waals surface area contributed by atoms with Crippen LogP contribution in [0.2, 0.25) is 0 Å². The molecule has 0 aliphatic rings. The molecular formula is C14H24BrN3O2S. The zero-order valence-corrected chi connectivity index (χ0v) is 15.4. The van der Waals surface area contributed by atoms with E-state index in [4.69, 9.17) is 0 Å². The van der Waals surface area contributed by atoms with Gasteiger partial charge in [0, 0.05) is 23.8 Å². The molecule has 0 radical (unpaired) electrons. The lowest BCUT2D eigenvalue weighted by molar-refractivity contribution is 0.378. The number of pyridine rings is 1. The normalized spacial score (nSPS) is 12.4. The van der Waals surface area contributed by atoms with Crippen LogP contribution in [0.25, 0.3) is 0 Å². The van der Waals surface area contributed by atoms with Gasteiger partial charge in [0.1, 0.15) is 10.7 Å². The lowest BCUT2D eigenvalue weighted by atomic mass is 9.93. The first-order chi connectivity index (χ1) is 9.65. The van der Waals surface area contributed by atoms with Gasteiger partial charge in [0.25, 0.3) is 0 Å². The van der Waals surface area contributed by atoms with Crippen molar-refractivity contribution >= 4 is 31.8 Å². The predicted octanol–water partition coefficient (Wildman–Crippen LogP) is 3.38. The highest BCUT2D eigenvalue weighted by Crippen LogP contribution is 2.23. The van der Waals surface area contributed by atoms with Crippen LogP contribution in [-0.2, 0) is 10.0 Å². The van der Waals surface area contributed by atoms with Crippen LogP contribution < -0.4 is 10.0 Å². The Kier molecular flexibility index (Phi) is 6.62. The monoisotopic (exact) mass is 377 g/mol. The fourth-order valence-electron chi connectivity index (χ4n) is 1.64. The molecule has 21 heavy (non-hydrogen) atoms. The Bertz CT molecular complexity index is 568. The Morgan fingerprint density at radius 3 is 2.52 bits per heavy atom. The molecule has 0 fully saturated rings. The molecule has 0 bridgehead atoms. The molecular weight excluding hydrogens is 354 g/mol. The predicted molar refractivity (Wildman–Crippen MR) is 90.0 cm³/mol. The third-order valence-electron chi connectivity index (χ3n) is 2.82. The van der Waals surface area contributed by atoms with Crippen LogP contribution in [0.1, 0.15) is 40.5 Å². The second-order valence-electron chi connectivity index (χ2n) is 6.14. The lowest BCUT2D eigenvalue weighted by Gasteiger charge is -2.18. The van der Waals surface area contributed by atoms with Gasteiger partial charge in [0.15, 0.2) is 0 Å². The summed E-state index contributed by atoms with van der Waals surface area (Å²) in [7, 11) is -3.57. The van der Waals surface area contributed by atoms with Crippen LogP contribution in [0.3, 0.4) is 0 Å². The van der Waals surface area contributed by atoms with E-state index in [2.05, 4.69) is 51.7 Å². The number of nitrogens with zero attached hydrogens (tertiary/aromatic N) is 1. The molecule has 0 aliphatic carbocycles. The maximum Gasteiger partial charge on any atom is 0.244 e. The van der Waals surface area contributed by atoms with E-state index < -0.39 is 10.0 Å². The summed E-state index contributed by atoms with van der Waals surface area (Å²) in [6, 6.07) is 1.57. The van der Waals surface area contributed by atoms with Gasteiger partial charge in [-0.1, -0.05) is 27.7 Å². The van der Waals surface area contributed by atoms with E-state index in [0.717, 1.165) is 12.8 Å². The number of anilines is 1. The maximum atomic E-state index is 12.4. The average molecular weight is 378 g/mol. The molecule has 0 amide bonds. The second-order valence-corrected chi connectivity index (χ2v) is 8.79. The summed E-state index contributed by atoms with van der Waals surface area (Å²) >= 11 is 3.27. The molecule has 120 valence electrons. The molecule has 0 saturated carbocycles. The van der Waals surface area contributed by atoms with Crippen molar-refractivity contribution < 1.29 is 8.42 Å². The fourth-order valence-corrected chi connectivity index (χ4v) is 3.31. The third-order valence-corrected chi connectivity index (χ3v) is 4.73. The van der Waals surface area contributed by atoms with Crippen LogP contribution in [0, 0.1) is 5.41 Å². The van der Waals surface area contributed by atoms with Crippen molar-refractivity contribution in [2.75, 3.05) is 18.4 Å². The first-order valence-corrected chi connectivity index (χ1v) is 9.32. The minimum atomic E-state index is -3.57. The quantitative estimate of drug-likeness (QED) is 0.763. The van der Waals surface area contributed by atoms with Gasteiger partial charge >= 0.3 is 0 Å². The van der Waals surface area contributed by atoms with Crippen LogP contribution >= 0.6 is 15.9 Å². The van der Waals surface area contributed by atoms with Crippen molar-refractivity contribution in [3.05, 3.63) is 16.7 Å². The van der Waals surface area contributed by atoms with Crippen LogP contribution in [0.4, 0.5) is 5.82 Å². The van der Waals surface area contributed by atoms with Gasteiger partial charge in [-0.05, 0) is 40.3 Å². The highest BCUT2D eigenvalue weighted by molar-refractivity contribution is 9.10. The van der Waals surface area contributed by atoms with Gasteiger partial charge in [-0.2, -0.15) is 0 Å².